The van der Waals surface area contributed by atoms with E-state index in [1.54, 1.807) is 6.08 Å². The second-order valence-corrected chi connectivity index (χ2v) is 4.45. The van der Waals surface area contributed by atoms with Crippen LogP contribution in [0.25, 0.3) is 6.08 Å². The highest BCUT2D eigenvalue weighted by atomic mass is 16.4. The summed E-state index contributed by atoms with van der Waals surface area (Å²) in [5.41, 5.74) is 2.30. The van der Waals surface area contributed by atoms with Crippen LogP contribution in [-0.4, -0.2) is 22.1 Å². The minimum Gasteiger partial charge on any atom is -0.411 e. The third kappa shape index (κ3) is 4.07. The van der Waals surface area contributed by atoms with E-state index in [1.165, 1.54) is 0 Å². The van der Waals surface area contributed by atoms with Gasteiger partial charge in [0.1, 0.15) is 0 Å². The zero-order valence-corrected chi connectivity index (χ0v) is 11.1. The van der Waals surface area contributed by atoms with Crippen molar-refractivity contribution in [3.8, 4) is 0 Å². The average Bonchev–Trinajstić information content (AvgIpc) is 2.52. The van der Waals surface area contributed by atoms with Gasteiger partial charge in [-0.15, -0.1) is 0 Å². The summed E-state index contributed by atoms with van der Waals surface area (Å²) in [7, 11) is 0. The fraction of sp³-hybridized carbons (Fsp3) is 0.118. The highest BCUT2D eigenvalue weighted by molar-refractivity contribution is 6.00. The molecule has 3 nitrogen and oxygen atoms in total. The van der Waals surface area contributed by atoms with E-state index < -0.39 is 6.10 Å². The molecular weight excluding hydrogens is 250 g/mol. The Kier molecular flexibility index (Phi) is 5.09. The number of aliphatic hydroxyl groups excluding tert-OH is 1. The van der Waals surface area contributed by atoms with Crippen molar-refractivity contribution in [2.45, 2.75) is 12.5 Å². The highest BCUT2D eigenvalue weighted by Gasteiger charge is 2.08. The summed E-state index contributed by atoms with van der Waals surface area (Å²) in [6, 6.07) is 19.1. The second kappa shape index (κ2) is 7.26. The van der Waals surface area contributed by atoms with Gasteiger partial charge in [0.2, 0.25) is 0 Å². The van der Waals surface area contributed by atoms with E-state index in [1.807, 2.05) is 66.7 Å². The third-order valence-corrected chi connectivity index (χ3v) is 2.94. The molecule has 0 fully saturated rings. The van der Waals surface area contributed by atoms with E-state index in [4.69, 9.17) is 5.21 Å². The summed E-state index contributed by atoms with van der Waals surface area (Å²) in [4.78, 5) is 0. The van der Waals surface area contributed by atoms with Crippen molar-refractivity contribution in [3.05, 3.63) is 77.9 Å². The van der Waals surface area contributed by atoms with Gasteiger partial charge in [-0.1, -0.05) is 78.0 Å². The van der Waals surface area contributed by atoms with Crippen molar-refractivity contribution in [1.29, 1.82) is 0 Å². The van der Waals surface area contributed by atoms with E-state index in [0.717, 1.165) is 11.1 Å². The summed E-state index contributed by atoms with van der Waals surface area (Å²) >= 11 is 0. The first-order valence-electron chi connectivity index (χ1n) is 6.47. The Morgan fingerprint density at radius 2 is 1.60 bits per heavy atom. The summed E-state index contributed by atoms with van der Waals surface area (Å²) in [5.74, 6) is 0. The maximum Gasteiger partial charge on any atom is 0.0896 e. The Labute approximate surface area is 118 Å². The topological polar surface area (TPSA) is 52.8 Å². The average molecular weight is 267 g/mol. The van der Waals surface area contributed by atoms with Gasteiger partial charge < -0.3 is 10.3 Å². The maximum absolute atomic E-state index is 9.99. The van der Waals surface area contributed by atoms with E-state index in [2.05, 4.69) is 5.16 Å². The van der Waals surface area contributed by atoms with Gasteiger partial charge in [-0.05, 0) is 11.1 Å². The van der Waals surface area contributed by atoms with Gasteiger partial charge in [-0.25, -0.2) is 0 Å². The molecule has 2 aromatic rings. The molecule has 2 aromatic carbocycles. The molecule has 0 aliphatic heterocycles. The SMILES string of the molecule is O/N=C(/CC(O)/C=C/c1ccccc1)c1ccccc1. The molecule has 2 N–H and O–H groups in total. The lowest BCUT2D eigenvalue weighted by molar-refractivity contribution is 0.229. The summed E-state index contributed by atoms with van der Waals surface area (Å²) in [6.07, 6.45) is 3.12. The first-order chi connectivity index (χ1) is 9.79. The molecule has 102 valence electrons. The molecule has 0 heterocycles. The van der Waals surface area contributed by atoms with Crippen LogP contribution >= 0.6 is 0 Å². The van der Waals surface area contributed by atoms with Crippen LogP contribution in [0.4, 0.5) is 0 Å². The number of hydrogen-bond acceptors (Lipinski definition) is 3. The predicted octanol–water partition coefficient (Wildman–Crippen LogP) is 3.33. The van der Waals surface area contributed by atoms with Gasteiger partial charge in [0.05, 0.1) is 11.8 Å². The van der Waals surface area contributed by atoms with Crippen molar-refractivity contribution < 1.29 is 10.3 Å². The first kappa shape index (κ1) is 14.0. The Morgan fingerprint density at radius 3 is 2.20 bits per heavy atom. The van der Waals surface area contributed by atoms with Crippen molar-refractivity contribution >= 4 is 11.8 Å². The molecule has 0 saturated carbocycles. The second-order valence-electron chi connectivity index (χ2n) is 4.45. The molecule has 0 spiro atoms. The molecule has 0 aromatic heterocycles. The Balaban J connectivity index is 2.00. The summed E-state index contributed by atoms with van der Waals surface area (Å²) in [5, 5.41) is 22.3. The van der Waals surface area contributed by atoms with Crippen LogP contribution in [0.1, 0.15) is 17.5 Å². The predicted molar refractivity (Wildman–Crippen MR) is 80.9 cm³/mol. The highest BCUT2D eigenvalue weighted by Crippen LogP contribution is 2.09. The largest absolute Gasteiger partial charge is 0.411 e. The molecule has 0 aliphatic rings. The van der Waals surface area contributed by atoms with Crippen molar-refractivity contribution in [1.82, 2.24) is 0 Å². The van der Waals surface area contributed by atoms with Gasteiger partial charge in [-0.2, -0.15) is 0 Å². The molecule has 1 unspecified atom stereocenters. The number of benzene rings is 2. The molecule has 1 atom stereocenters. The van der Waals surface area contributed by atoms with Crippen LogP contribution in [0.2, 0.25) is 0 Å². The van der Waals surface area contributed by atoms with Crippen LogP contribution in [0.15, 0.2) is 71.9 Å². The van der Waals surface area contributed by atoms with E-state index in [9.17, 15) is 5.11 Å². The van der Waals surface area contributed by atoms with Crippen molar-refractivity contribution in [2.24, 2.45) is 5.16 Å². The van der Waals surface area contributed by atoms with Gasteiger partial charge in [0.15, 0.2) is 0 Å². The van der Waals surface area contributed by atoms with Crippen LogP contribution < -0.4 is 0 Å². The molecule has 20 heavy (non-hydrogen) atoms. The number of nitrogens with zero attached hydrogens (tertiary/aromatic N) is 1. The van der Waals surface area contributed by atoms with E-state index in [-0.39, 0.29) is 6.42 Å². The molecule has 0 saturated heterocycles. The Morgan fingerprint density at radius 1 is 1.00 bits per heavy atom. The smallest absolute Gasteiger partial charge is 0.0896 e. The van der Waals surface area contributed by atoms with Crippen LogP contribution in [0, 0.1) is 0 Å². The lowest BCUT2D eigenvalue weighted by Gasteiger charge is -2.07. The van der Waals surface area contributed by atoms with Crippen LogP contribution in [-0.2, 0) is 0 Å². The van der Waals surface area contributed by atoms with Crippen LogP contribution in [0.3, 0.4) is 0 Å². The van der Waals surface area contributed by atoms with E-state index >= 15 is 0 Å². The Bertz CT molecular complexity index is 576. The molecule has 2 rings (SSSR count). The van der Waals surface area contributed by atoms with E-state index in [0.29, 0.717) is 5.71 Å². The summed E-state index contributed by atoms with van der Waals surface area (Å²) in [6.45, 7) is 0. The molecule has 0 aliphatic carbocycles. The molecule has 3 heteroatoms. The van der Waals surface area contributed by atoms with Gasteiger partial charge in [-0.3, -0.25) is 0 Å². The van der Waals surface area contributed by atoms with Crippen molar-refractivity contribution in [3.63, 3.8) is 0 Å². The lowest BCUT2D eigenvalue weighted by atomic mass is 10.0. The fourth-order valence-corrected chi connectivity index (χ4v) is 1.90. The fourth-order valence-electron chi connectivity index (χ4n) is 1.90. The number of rotatable bonds is 5. The maximum atomic E-state index is 9.99. The zero-order valence-electron chi connectivity index (χ0n) is 11.1. The zero-order chi connectivity index (χ0) is 14.2. The quantitative estimate of drug-likeness (QED) is 0.496. The third-order valence-electron chi connectivity index (χ3n) is 2.94. The van der Waals surface area contributed by atoms with Crippen LogP contribution in [0.5, 0.6) is 0 Å². The number of hydrogen-bond donors (Lipinski definition) is 2. The monoisotopic (exact) mass is 267 g/mol. The van der Waals surface area contributed by atoms with Crippen molar-refractivity contribution in [2.75, 3.05) is 0 Å². The lowest BCUT2D eigenvalue weighted by Crippen LogP contribution is -2.12. The van der Waals surface area contributed by atoms with Gasteiger partial charge >= 0.3 is 0 Å². The first-order valence-corrected chi connectivity index (χ1v) is 6.47. The minimum atomic E-state index is -0.693. The molecule has 0 amide bonds. The number of aliphatic hydroxyl groups is 1. The van der Waals surface area contributed by atoms with Gasteiger partial charge in [0, 0.05) is 6.42 Å². The standard InChI is InChI=1S/C17H17NO2/c19-16(12-11-14-7-3-1-4-8-14)13-17(18-20)15-9-5-2-6-10-15/h1-12,16,19-20H,13H2/b12-11+,18-17-. The number of oxime groups is 1. The molecule has 0 bridgehead atoms. The summed E-state index contributed by atoms with van der Waals surface area (Å²) < 4.78 is 0. The minimum absolute atomic E-state index is 0.268. The Hall–Kier alpha value is -2.39. The normalized spacial score (nSPS) is 13.6. The molecular formula is C17H17NO2. The van der Waals surface area contributed by atoms with Gasteiger partial charge in [0.25, 0.3) is 0 Å². The molecule has 0 radical (unpaired) electrons.